The average molecular weight is 373 g/mol. The van der Waals surface area contributed by atoms with Crippen molar-refractivity contribution in [3.8, 4) is 11.1 Å². The number of alkyl halides is 3. The fourth-order valence-electron chi connectivity index (χ4n) is 3.52. The first kappa shape index (κ1) is 17.8. The molecule has 0 saturated carbocycles. The van der Waals surface area contributed by atoms with Crippen LogP contribution in [0.2, 0.25) is 0 Å². The van der Waals surface area contributed by atoms with E-state index in [0.29, 0.717) is 17.7 Å². The van der Waals surface area contributed by atoms with Crippen molar-refractivity contribution >= 4 is 0 Å². The van der Waals surface area contributed by atoms with E-state index in [9.17, 15) is 18.3 Å². The van der Waals surface area contributed by atoms with Crippen molar-refractivity contribution in [1.82, 2.24) is 14.7 Å². The Kier molecular flexibility index (Phi) is 4.28. The van der Waals surface area contributed by atoms with E-state index < -0.39 is 18.0 Å². The highest BCUT2D eigenvalue weighted by Gasteiger charge is 2.36. The normalized spacial score (nSPS) is 17.3. The first-order valence-corrected chi connectivity index (χ1v) is 8.52. The van der Waals surface area contributed by atoms with Crippen LogP contribution in [-0.4, -0.2) is 19.8 Å². The van der Waals surface area contributed by atoms with Gasteiger partial charge < -0.3 is 5.11 Å². The standard InChI is InChI=1S/C20H18F3N3O/c1-25-10-16(9-24-25)13-6-7-15(18(8-13)20(21,22)23)12-26-11-14-4-2-3-5-17(14)19(26)27/h2-10,19,27H,11-12H2,1H3. The lowest BCUT2D eigenvalue weighted by Crippen LogP contribution is -2.23. The quantitative estimate of drug-likeness (QED) is 0.751. The fraction of sp³-hybridized carbons (Fsp3) is 0.250. The molecule has 27 heavy (non-hydrogen) atoms. The molecule has 0 amide bonds. The molecule has 0 bridgehead atoms. The highest BCUT2D eigenvalue weighted by Crippen LogP contribution is 2.38. The average Bonchev–Trinajstić information content (AvgIpc) is 3.19. The van der Waals surface area contributed by atoms with Crippen molar-refractivity contribution in [2.75, 3.05) is 0 Å². The van der Waals surface area contributed by atoms with Crippen LogP contribution in [0, 0.1) is 0 Å². The minimum atomic E-state index is -4.48. The molecule has 3 aromatic rings. The summed E-state index contributed by atoms with van der Waals surface area (Å²) in [6.07, 6.45) is -2.17. The monoisotopic (exact) mass is 373 g/mol. The van der Waals surface area contributed by atoms with Gasteiger partial charge >= 0.3 is 6.18 Å². The molecule has 0 aliphatic carbocycles. The van der Waals surface area contributed by atoms with Gasteiger partial charge in [0, 0.05) is 31.9 Å². The summed E-state index contributed by atoms with van der Waals surface area (Å²) in [4.78, 5) is 1.64. The summed E-state index contributed by atoms with van der Waals surface area (Å²) in [7, 11) is 1.72. The summed E-state index contributed by atoms with van der Waals surface area (Å²) in [5, 5.41) is 14.5. The number of halogens is 3. The summed E-state index contributed by atoms with van der Waals surface area (Å²) in [5.74, 6) is 0. The van der Waals surface area contributed by atoms with Crippen molar-refractivity contribution in [3.63, 3.8) is 0 Å². The number of aliphatic hydroxyl groups excluding tert-OH is 1. The van der Waals surface area contributed by atoms with Crippen LogP contribution in [-0.2, 0) is 26.3 Å². The molecule has 1 aliphatic rings. The molecule has 1 atom stereocenters. The Balaban J connectivity index is 1.67. The Bertz CT molecular complexity index is 981. The molecule has 1 unspecified atom stereocenters. The highest BCUT2D eigenvalue weighted by atomic mass is 19.4. The zero-order chi connectivity index (χ0) is 19.2. The van der Waals surface area contributed by atoms with Crippen molar-refractivity contribution in [2.24, 2.45) is 7.05 Å². The van der Waals surface area contributed by atoms with Gasteiger partial charge in [0.2, 0.25) is 0 Å². The highest BCUT2D eigenvalue weighted by molar-refractivity contribution is 5.63. The van der Waals surface area contributed by atoms with Crippen molar-refractivity contribution < 1.29 is 18.3 Å². The molecule has 140 valence electrons. The Morgan fingerprint density at radius 2 is 1.93 bits per heavy atom. The first-order valence-electron chi connectivity index (χ1n) is 8.52. The van der Waals surface area contributed by atoms with Crippen molar-refractivity contribution in [3.05, 3.63) is 77.1 Å². The van der Waals surface area contributed by atoms with E-state index in [1.54, 1.807) is 35.0 Å². The molecule has 1 N–H and O–H groups in total. The minimum Gasteiger partial charge on any atom is -0.374 e. The number of rotatable bonds is 3. The number of aryl methyl sites for hydroxylation is 1. The van der Waals surface area contributed by atoms with E-state index >= 15 is 0 Å². The summed E-state index contributed by atoms with van der Waals surface area (Å²) in [6, 6.07) is 11.7. The van der Waals surface area contributed by atoms with Gasteiger partial charge in [-0.25, -0.2) is 0 Å². The van der Waals surface area contributed by atoms with Crippen LogP contribution in [0.3, 0.4) is 0 Å². The largest absolute Gasteiger partial charge is 0.416 e. The van der Waals surface area contributed by atoms with E-state index in [0.717, 1.165) is 17.2 Å². The van der Waals surface area contributed by atoms with Crippen LogP contribution >= 0.6 is 0 Å². The van der Waals surface area contributed by atoms with Crippen LogP contribution < -0.4 is 0 Å². The lowest BCUT2D eigenvalue weighted by Gasteiger charge is -2.23. The summed E-state index contributed by atoms with van der Waals surface area (Å²) in [5.41, 5.74) is 2.23. The molecule has 4 nitrogen and oxygen atoms in total. The number of nitrogens with zero attached hydrogens (tertiary/aromatic N) is 3. The smallest absolute Gasteiger partial charge is 0.374 e. The zero-order valence-electron chi connectivity index (χ0n) is 14.6. The lowest BCUT2D eigenvalue weighted by atomic mass is 10.00. The molecule has 1 aliphatic heterocycles. The van der Waals surface area contributed by atoms with E-state index in [1.807, 2.05) is 18.2 Å². The number of aromatic nitrogens is 2. The predicted octanol–water partition coefficient (Wildman–Crippen LogP) is 4.11. The van der Waals surface area contributed by atoms with Gasteiger partial charge in [0.1, 0.15) is 6.23 Å². The Hall–Kier alpha value is -2.64. The molecule has 0 radical (unpaired) electrons. The third-order valence-electron chi connectivity index (χ3n) is 4.88. The number of aliphatic hydroxyl groups is 1. The number of hydrogen-bond donors (Lipinski definition) is 1. The van der Waals surface area contributed by atoms with Gasteiger partial charge in [-0.1, -0.05) is 36.4 Å². The van der Waals surface area contributed by atoms with Gasteiger partial charge in [0.05, 0.1) is 11.8 Å². The Morgan fingerprint density at radius 3 is 2.59 bits per heavy atom. The maximum atomic E-state index is 13.7. The minimum absolute atomic E-state index is 0.0119. The van der Waals surface area contributed by atoms with Gasteiger partial charge in [-0.05, 0) is 28.3 Å². The third kappa shape index (κ3) is 3.36. The molecular formula is C20H18F3N3O. The van der Waals surface area contributed by atoms with Crippen LogP contribution in [0.5, 0.6) is 0 Å². The summed E-state index contributed by atoms with van der Waals surface area (Å²) in [6.45, 7) is 0.428. The SMILES string of the molecule is Cn1cc(-c2ccc(CN3Cc4ccccc4C3O)c(C(F)(F)F)c2)cn1. The molecule has 0 fully saturated rings. The molecular weight excluding hydrogens is 355 g/mol. The van der Waals surface area contributed by atoms with Crippen molar-refractivity contribution in [1.29, 1.82) is 0 Å². The number of benzene rings is 2. The molecule has 0 spiro atoms. The van der Waals surface area contributed by atoms with Crippen LogP contribution in [0.25, 0.3) is 11.1 Å². The molecule has 0 saturated heterocycles. The zero-order valence-corrected chi connectivity index (χ0v) is 14.6. The van der Waals surface area contributed by atoms with Gasteiger partial charge in [0.25, 0.3) is 0 Å². The number of fused-ring (bicyclic) bond motifs is 1. The molecule has 2 heterocycles. The van der Waals surface area contributed by atoms with E-state index in [-0.39, 0.29) is 12.1 Å². The second-order valence-corrected chi connectivity index (χ2v) is 6.75. The van der Waals surface area contributed by atoms with Crippen molar-refractivity contribution in [2.45, 2.75) is 25.5 Å². The Labute approximate surface area is 154 Å². The van der Waals surface area contributed by atoms with Gasteiger partial charge in [-0.15, -0.1) is 0 Å². The fourth-order valence-corrected chi connectivity index (χ4v) is 3.52. The molecule has 1 aromatic heterocycles. The second-order valence-electron chi connectivity index (χ2n) is 6.75. The van der Waals surface area contributed by atoms with E-state index in [1.165, 1.54) is 12.3 Å². The van der Waals surface area contributed by atoms with Gasteiger partial charge in [-0.3, -0.25) is 9.58 Å². The lowest BCUT2D eigenvalue weighted by molar-refractivity contribution is -0.138. The van der Waals surface area contributed by atoms with Crippen LogP contribution in [0.1, 0.15) is 28.5 Å². The summed E-state index contributed by atoms with van der Waals surface area (Å²) < 4.78 is 42.6. The van der Waals surface area contributed by atoms with Gasteiger partial charge in [0.15, 0.2) is 0 Å². The molecule has 7 heteroatoms. The van der Waals surface area contributed by atoms with Crippen LogP contribution in [0.4, 0.5) is 13.2 Å². The first-order chi connectivity index (χ1) is 12.8. The number of hydrogen-bond acceptors (Lipinski definition) is 3. The van der Waals surface area contributed by atoms with Gasteiger partial charge in [-0.2, -0.15) is 18.3 Å². The summed E-state index contributed by atoms with van der Waals surface area (Å²) >= 11 is 0. The molecule has 4 rings (SSSR count). The maximum Gasteiger partial charge on any atom is 0.416 e. The Morgan fingerprint density at radius 1 is 1.15 bits per heavy atom. The maximum absolute atomic E-state index is 13.7. The van der Waals surface area contributed by atoms with E-state index in [4.69, 9.17) is 0 Å². The predicted molar refractivity (Wildman–Crippen MR) is 94.3 cm³/mol. The van der Waals surface area contributed by atoms with Crippen LogP contribution in [0.15, 0.2) is 54.9 Å². The third-order valence-corrected chi connectivity index (χ3v) is 4.88. The van der Waals surface area contributed by atoms with E-state index in [2.05, 4.69) is 5.10 Å². The molecule has 2 aromatic carbocycles. The second kappa shape index (κ2) is 6.51. The topological polar surface area (TPSA) is 41.3 Å².